The van der Waals surface area contributed by atoms with Gasteiger partial charge in [0.25, 0.3) is 0 Å². The number of carbonyl (C=O) groups excluding carboxylic acids is 2. The van der Waals surface area contributed by atoms with E-state index in [0.717, 1.165) is 77.0 Å². The van der Waals surface area contributed by atoms with Crippen molar-refractivity contribution in [3.8, 4) is 0 Å². The van der Waals surface area contributed by atoms with Crippen LogP contribution in [0, 0.1) is 0 Å². The minimum atomic E-state index is -4.39. The predicted octanol–water partition coefficient (Wildman–Crippen LogP) is 20.8. The average Bonchev–Trinajstić information content (AvgIpc) is 3.41. The normalized spacial score (nSPS) is 13.7. The molecule has 0 spiro atoms. The molecule has 0 aliphatic heterocycles. The number of quaternary nitrogens is 1. The maximum atomic E-state index is 12.8. The van der Waals surface area contributed by atoms with Gasteiger partial charge < -0.3 is 18.9 Å². The zero-order valence-corrected chi connectivity index (χ0v) is 52.5. The van der Waals surface area contributed by atoms with E-state index in [0.29, 0.717) is 17.4 Å². The number of phosphoric acid groups is 1. The van der Waals surface area contributed by atoms with Crippen LogP contribution in [0.2, 0.25) is 0 Å². The molecule has 0 saturated heterocycles. The summed E-state index contributed by atoms with van der Waals surface area (Å²) in [7, 11) is 1.47. The molecule has 0 aliphatic carbocycles. The zero-order chi connectivity index (χ0) is 57.0. The Hall–Kier alpha value is -2.55. The van der Waals surface area contributed by atoms with E-state index in [2.05, 4.69) is 86.8 Å². The molecule has 10 heteroatoms. The largest absolute Gasteiger partial charge is 0.472 e. The van der Waals surface area contributed by atoms with Gasteiger partial charge in [-0.2, -0.15) is 0 Å². The molecule has 0 amide bonds. The van der Waals surface area contributed by atoms with E-state index in [-0.39, 0.29) is 32.0 Å². The summed E-state index contributed by atoms with van der Waals surface area (Å²) in [5.74, 6) is -0.798. The Morgan fingerprint density at radius 2 is 0.731 bits per heavy atom. The van der Waals surface area contributed by atoms with Crippen molar-refractivity contribution in [3.63, 3.8) is 0 Å². The van der Waals surface area contributed by atoms with Crippen molar-refractivity contribution in [2.75, 3.05) is 47.5 Å². The number of carbonyl (C=O) groups is 2. The van der Waals surface area contributed by atoms with Crippen molar-refractivity contribution >= 4 is 19.8 Å². The van der Waals surface area contributed by atoms with E-state index in [1.54, 1.807) is 0 Å². The lowest BCUT2D eigenvalue weighted by Gasteiger charge is -2.24. The quantitative estimate of drug-likeness (QED) is 0.0211. The van der Waals surface area contributed by atoms with Crippen LogP contribution >= 0.6 is 7.82 Å². The lowest BCUT2D eigenvalue weighted by molar-refractivity contribution is -0.870. The molecule has 2 unspecified atom stereocenters. The first kappa shape index (κ1) is 75.5. The van der Waals surface area contributed by atoms with E-state index in [1.165, 1.54) is 186 Å². The van der Waals surface area contributed by atoms with Crippen molar-refractivity contribution in [3.05, 3.63) is 72.9 Å². The van der Waals surface area contributed by atoms with Gasteiger partial charge in [0.2, 0.25) is 0 Å². The van der Waals surface area contributed by atoms with Crippen LogP contribution in [0.25, 0.3) is 0 Å². The molecule has 0 bridgehead atoms. The third kappa shape index (κ3) is 62.6. The third-order valence-corrected chi connectivity index (χ3v) is 15.2. The Balaban J connectivity index is 4.02. The molecule has 2 atom stereocenters. The number of unbranched alkanes of at least 4 members (excludes halogenated alkanes) is 34. The summed E-state index contributed by atoms with van der Waals surface area (Å²) in [6.07, 6.45) is 78.5. The van der Waals surface area contributed by atoms with Crippen LogP contribution in [0.1, 0.15) is 296 Å². The summed E-state index contributed by atoms with van der Waals surface area (Å²) in [5, 5.41) is 0. The monoisotopic (exact) mass is 1110 g/mol. The Morgan fingerprint density at radius 3 is 1.09 bits per heavy atom. The Kier molecular flexibility index (Phi) is 57.2. The van der Waals surface area contributed by atoms with E-state index >= 15 is 0 Å². The van der Waals surface area contributed by atoms with Crippen molar-refractivity contribution in [2.24, 2.45) is 0 Å². The van der Waals surface area contributed by atoms with Crippen molar-refractivity contribution in [2.45, 2.75) is 302 Å². The highest BCUT2D eigenvalue weighted by atomic mass is 31.2. The highest BCUT2D eigenvalue weighted by molar-refractivity contribution is 7.47. The Bertz CT molecular complexity index is 1550. The summed E-state index contributed by atoms with van der Waals surface area (Å²) in [6.45, 7) is 4.33. The summed E-state index contributed by atoms with van der Waals surface area (Å²) in [5.41, 5.74) is 0. The third-order valence-electron chi connectivity index (χ3n) is 14.2. The summed E-state index contributed by atoms with van der Waals surface area (Å²) in [4.78, 5) is 35.8. The summed E-state index contributed by atoms with van der Waals surface area (Å²) >= 11 is 0. The van der Waals surface area contributed by atoms with Gasteiger partial charge in [-0.1, -0.05) is 273 Å². The van der Waals surface area contributed by atoms with Gasteiger partial charge in [0.1, 0.15) is 19.8 Å². The zero-order valence-electron chi connectivity index (χ0n) is 51.6. The topological polar surface area (TPSA) is 108 Å². The van der Waals surface area contributed by atoms with Crippen LogP contribution < -0.4 is 0 Å². The average molecular weight is 1120 g/mol. The lowest BCUT2D eigenvalue weighted by Crippen LogP contribution is -2.37. The molecule has 0 aromatic rings. The van der Waals surface area contributed by atoms with E-state index in [4.69, 9.17) is 18.5 Å². The molecule has 1 N–H and O–H groups in total. The fourth-order valence-electron chi connectivity index (χ4n) is 9.22. The highest BCUT2D eigenvalue weighted by Gasteiger charge is 2.27. The number of hydrogen-bond donors (Lipinski definition) is 1. The predicted molar refractivity (Wildman–Crippen MR) is 335 cm³/mol. The van der Waals surface area contributed by atoms with E-state index < -0.39 is 26.5 Å². The molecule has 0 fully saturated rings. The number of ether oxygens (including phenoxy) is 2. The fraction of sp³-hybridized carbons (Fsp3) is 0.794. The maximum absolute atomic E-state index is 12.8. The second kappa shape index (κ2) is 59.1. The first-order valence-corrected chi connectivity index (χ1v) is 34.2. The van der Waals surface area contributed by atoms with Gasteiger partial charge in [0.05, 0.1) is 27.7 Å². The first-order valence-electron chi connectivity index (χ1n) is 32.7. The molecule has 0 aromatic heterocycles. The molecule has 0 saturated carbocycles. The van der Waals surface area contributed by atoms with Gasteiger partial charge >= 0.3 is 19.8 Å². The molecule has 0 radical (unpaired) electrons. The summed E-state index contributed by atoms with van der Waals surface area (Å²) < 4.78 is 34.6. The molecule has 0 heterocycles. The van der Waals surface area contributed by atoms with Crippen molar-refractivity contribution < 1.29 is 42.1 Å². The van der Waals surface area contributed by atoms with Gasteiger partial charge in [-0.3, -0.25) is 18.6 Å². The molecule has 9 nitrogen and oxygen atoms in total. The first-order chi connectivity index (χ1) is 38.0. The second-order valence-electron chi connectivity index (χ2n) is 23.1. The van der Waals surface area contributed by atoms with Crippen LogP contribution in [-0.4, -0.2) is 74.9 Å². The number of hydrogen-bond acceptors (Lipinski definition) is 7. The SMILES string of the molecule is CC/C=C\C/C=C\C/C=C\C/C=C\CCCCCCCCCCC(=O)OC(COC(=O)CCCCCCCCCCCCCCCCCCCCCCC/C=C\C/C=C\CCCCCCC)COP(=O)(O)OCC[N+](C)(C)C. The number of esters is 2. The van der Waals surface area contributed by atoms with Gasteiger partial charge in [0.15, 0.2) is 6.10 Å². The molecule has 0 aliphatic rings. The van der Waals surface area contributed by atoms with Crippen molar-refractivity contribution in [1.29, 1.82) is 0 Å². The van der Waals surface area contributed by atoms with E-state index in [1.807, 2.05) is 21.1 Å². The van der Waals surface area contributed by atoms with Crippen LogP contribution in [-0.2, 0) is 32.7 Å². The molecular formula is C68H125NO8P+. The second-order valence-corrected chi connectivity index (χ2v) is 24.6. The number of likely N-dealkylation sites (N-methyl/N-ethyl adjacent to an activating group) is 1. The Labute approximate surface area is 482 Å². The van der Waals surface area contributed by atoms with Gasteiger partial charge in [-0.15, -0.1) is 0 Å². The lowest BCUT2D eigenvalue weighted by atomic mass is 10.0. The van der Waals surface area contributed by atoms with Crippen molar-refractivity contribution in [1.82, 2.24) is 0 Å². The van der Waals surface area contributed by atoms with Crippen LogP contribution in [0.15, 0.2) is 72.9 Å². The van der Waals surface area contributed by atoms with Gasteiger partial charge in [-0.05, 0) is 83.5 Å². The van der Waals surface area contributed by atoms with Crippen LogP contribution in [0.5, 0.6) is 0 Å². The molecule has 0 rings (SSSR count). The molecule has 78 heavy (non-hydrogen) atoms. The number of phosphoric ester groups is 1. The minimum absolute atomic E-state index is 0.0286. The van der Waals surface area contributed by atoms with Gasteiger partial charge in [0, 0.05) is 12.8 Å². The van der Waals surface area contributed by atoms with Gasteiger partial charge in [-0.25, -0.2) is 4.57 Å². The molecule has 0 aromatic carbocycles. The molecular weight excluding hydrogens is 990 g/mol. The van der Waals surface area contributed by atoms with Crippen LogP contribution in [0.4, 0.5) is 0 Å². The maximum Gasteiger partial charge on any atom is 0.472 e. The fourth-order valence-corrected chi connectivity index (χ4v) is 9.96. The summed E-state index contributed by atoms with van der Waals surface area (Å²) in [6, 6.07) is 0. The smallest absolute Gasteiger partial charge is 0.462 e. The number of allylic oxidation sites excluding steroid dienone is 12. The standard InChI is InChI=1S/C68H124NO8P/c1-6-8-10-12-14-16-18-20-22-24-26-28-29-30-31-32-33-34-35-36-37-38-39-41-42-44-46-48-50-52-54-56-58-60-67(70)74-64-66(65-76-78(72,73)75-63-62-69(3,4)5)77-68(71)61-59-57-55-53-51-49-47-45-43-40-27-25-23-21-19-17-15-13-11-9-7-2/h9,11,15,17-18,20-21,23-24,26-27,40,66H,6-8,10,12-14,16,19,22,25,28-39,41-65H2,1-5H3/p+1/b11-9-,17-15-,20-18-,23-21-,26-24-,40-27-. The Morgan fingerprint density at radius 1 is 0.410 bits per heavy atom. The molecule has 454 valence electrons. The number of rotatable bonds is 60. The van der Waals surface area contributed by atoms with E-state index in [9.17, 15) is 19.0 Å². The van der Waals surface area contributed by atoms with Crippen LogP contribution in [0.3, 0.4) is 0 Å². The number of nitrogens with zero attached hydrogens (tertiary/aromatic N) is 1. The highest BCUT2D eigenvalue weighted by Crippen LogP contribution is 2.43. The minimum Gasteiger partial charge on any atom is -0.462 e.